The van der Waals surface area contributed by atoms with E-state index in [1.165, 1.54) is 6.07 Å². The predicted octanol–water partition coefficient (Wildman–Crippen LogP) is 4.49. The standard InChI is InChI=1S/C16H16BrFO2/c1-19-14-7-4-6-12(9-14)16(10-17)20-11-13-5-2-3-8-15(13)18/h2-9,16H,10-11H2,1H3. The molecule has 20 heavy (non-hydrogen) atoms. The van der Waals surface area contributed by atoms with Gasteiger partial charge in [0.15, 0.2) is 0 Å². The minimum Gasteiger partial charge on any atom is -0.497 e. The van der Waals surface area contributed by atoms with Gasteiger partial charge in [-0.2, -0.15) is 0 Å². The van der Waals surface area contributed by atoms with Crippen molar-refractivity contribution in [1.82, 2.24) is 0 Å². The molecule has 0 heterocycles. The summed E-state index contributed by atoms with van der Waals surface area (Å²) in [4.78, 5) is 0. The van der Waals surface area contributed by atoms with Crippen molar-refractivity contribution < 1.29 is 13.9 Å². The Morgan fingerprint density at radius 1 is 1.15 bits per heavy atom. The number of benzene rings is 2. The quantitative estimate of drug-likeness (QED) is 0.722. The van der Waals surface area contributed by atoms with E-state index in [0.717, 1.165) is 11.3 Å². The summed E-state index contributed by atoms with van der Waals surface area (Å²) in [5.41, 5.74) is 1.55. The lowest BCUT2D eigenvalue weighted by molar-refractivity contribution is 0.0547. The summed E-state index contributed by atoms with van der Waals surface area (Å²) in [5, 5.41) is 0.634. The van der Waals surface area contributed by atoms with E-state index in [1.54, 1.807) is 25.3 Å². The molecule has 1 unspecified atom stereocenters. The van der Waals surface area contributed by atoms with Crippen LogP contribution in [0.4, 0.5) is 4.39 Å². The van der Waals surface area contributed by atoms with Crippen molar-refractivity contribution in [1.29, 1.82) is 0 Å². The minimum atomic E-state index is -0.244. The molecular formula is C16H16BrFO2. The number of alkyl halides is 1. The van der Waals surface area contributed by atoms with Gasteiger partial charge in [0.05, 0.1) is 19.8 Å². The molecule has 0 saturated heterocycles. The monoisotopic (exact) mass is 338 g/mol. The van der Waals surface area contributed by atoms with Gasteiger partial charge in [-0.1, -0.05) is 46.3 Å². The lowest BCUT2D eigenvalue weighted by atomic mass is 10.1. The van der Waals surface area contributed by atoms with E-state index >= 15 is 0 Å². The van der Waals surface area contributed by atoms with Gasteiger partial charge in [0.25, 0.3) is 0 Å². The second-order valence-electron chi connectivity index (χ2n) is 4.32. The lowest BCUT2D eigenvalue weighted by Gasteiger charge is -2.17. The van der Waals surface area contributed by atoms with Crippen molar-refractivity contribution in [2.75, 3.05) is 12.4 Å². The first-order chi connectivity index (χ1) is 9.74. The zero-order valence-electron chi connectivity index (χ0n) is 11.2. The normalized spacial score (nSPS) is 12.2. The van der Waals surface area contributed by atoms with Crippen molar-refractivity contribution in [3.05, 3.63) is 65.5 Å². The highest BCUT2D eigenvalue weighted by atomic mass is 79.9. The van der Waals surface area contributed by atoms with Gasteiger partial charge in [0.2, 0.25) is 0 Å². The molecule has 0 aromatic heterocycles. The Bertz CT molecular complexity index is 560. The van der Waals surface area contributed by atoms with Gasteiger partial charge in [-0.25, -0.2) is 4.39 Å². The molecule has 0 amide bonds. The van der Waals surface area contributed by atoms with Gasteiger partial charge in [-0.15, -0.1) is 0 Å². The molecule has 1 atom stereocenters. The average molecular weight is 339 g/mol. The first-order valence-electron chi connectivity index (χ1n) is 6.29. The smallest absolute Gasteiger partial charge is 0.128 e. The van der Waals surface area contributed by atoms with Crippen LogP contribution in [0.1, 0.15) is 17.2 Å². The molecule has 0 spiro atoms. The van der Waals surface area contributed by atoms with E-state index in [0.29, 0.717) is 10.9 Å². The summed E-state index contributed by atoms with van der Waals surface area (Å²) < 4.78 is 24.6. The fourth-order valence-electron chi connectivity index (χ4n) is 1.88. The maximum Gasteiger partial charge on any atom is 0.128 e. The number of rotatable bonds is 6. The molecule has 0 N–H and O–H groups in total. The lowest BCUT2D eigenvalue weighted by Crippen LogP contribution is -2.07. The van der Waals surface area contributed by atoms with Crippen LogP contribution in [0.2, 0.25) is 0 Å². The maximum absolute atomic E-state index is 13.6. The molecule has 2 aromatic rings. The Morgan fingerprint density at radius 3 is 2.65 bits per heavy atom. The molecule has 0 fully saturated rings. The Hall–Kier alpha value is -1.39. The van der Waals surface area contributed by atoms with Crippen LogP contribution >= 0.6 is 15.9 Å². The van der Waals surface area contributed by atoms with Crippen LogP contribution in [0.15, 0.2) is 48.5 Å². The van der Waals surface area contributed by atoms with Gasteiger partial charge in [0.1, 0.15) is 11.6 Å². The van der Waals surface area contributed by atoms with E-state index in [4.69, 9.17) is 9.47 Å². The second-order valence-corrected chi connectivity index (χ2v) is 4.97. The Morgan fingerprint density at radius 2 is 1.95 bits per heavy atom. The van der Waals surface area contributed by atoms with Gasteiger partial charge in [0, 0.05) is 10.9 Å². The molecule has 0 aliphatic carbocycles. The molecule has 0 bridgehead atoms. The third kappa shape index (κ3) is 3.81. The van der Waals surface area contributed by atoms with Crippen molar-refractivity contribution in [2.24, 2.45) is 0 Å². The first-order valence-corrected chi connectivity index (χ1v) is 7.41. The molecule has 2 nitrogen and oxygen atoms in total. The first kappa shape index (κ1) is 15.0. The third-order valence-electron chi connectivity index (χ3n) is 3.00. The van der Waals surface area contributed by atoms with Crippen molar-refractivity contribution >= 4 is 15.9 Å². The van der Waals surface area contributed by atoms with E-state index < -0.39 is 0 Å². The largest absolute Gasteiger partial charge is 0.497 e. The SMILES string of the molecule is COc1cccc(C(CBr)OCc2ccccc2F)c1. The van der Waals surface area contributed by atoms with Crippen molar-refractivity contribution in [3.63, 3.8) is 0 Å². The molecule has 106 valence electrons. The number of halogens is 2. The number of hydrogen-bond acceptors (Lipinski definition) is 2. The maximum atomic E-state index is 13.6. The van der Waals surface area contributed by atoms with Gasteiger partial charge in [-0.3, -0.25) is 0 Å². The van der Waals surface area contributed by atoms with E-state index in [1.807, 2.05) is 24.3 Å². The van der Waals surface area contributed by atoms with Gasteiger partial charge < -0.3 is 9.47 Å². The third-order valence-corrected chi connectivity index (χ3v) is 3.59. The second kappa shape index (κ2) is 7.41. The van der Waals surface area contributed by atoms with Crippen LogP contribution in [0.3, 0.4) is 0 Å². The highest BCUT2D eigenvalue weighted by Crippen LogP contribution is 2.25. The molecule has 2 rings (SSSR count). The summed E-state index contributed by atoms with van der Waals surface area (Å²) in [6, 6.07) is 14.3. The number of hydrogen-bond donors (Lipinski definition) is 0. The van der Waals surface area contributed by atoms with Gasteiger partial charge >= 0.3 is 0 Å². The van der Waals surface area contributed by atoms with E-state index in [9.17, 15) is 4.39 Å². The highest BCUT2D eigenvalue weighted by Gasteiger charge is 2.12. The van der Waals surface area contributed by atoms with E-state index in [2.05, 4.69) is 15.9 Å². The van der Waals surface area contributed by atoms with Crippen LogP contribution in [-0.4, -0.2) is 12.4 Å². The van der Waals surface area contributed by atoms with Crippen molar-refractivity contribution in [2.45, 2.75) is 12.7 Å². The summed E-state index contributed by atoms with van der Waals surface area (Å²) in [6.45, 7) is 0.236. The zero-order valence-corrected chi connectivity index (χ0v) is 12.8. The van der Waals surface area contributed by atoms with Crippen LogP contribution < -0.4 is 4.74 Å². The van der Waals surface area contributed by atoms with Crippen LogP contribution in [0.25, 0.3) is 0 Å². The predicted molar refractivity (Wildman–Crippen MR) is 80.7 cm³/mol. The van der Waals surface area contributed by atoms with Crippen molar-refractivity contribution in [3.8, 4) is 5.75 Å². The zero-order chi connectivity index (χ0) is 14.4. The minimum absolute atomic E-state index is 0.148. The summed E-state index contributed by atoms with van der Waals surface area (Å²) in [5.74, 6) is 0.536. The average Bonchev–Trinajstić information content (AvgIpc) is 2.50. The molecular weight excluding hydrogens is 323 g/mol. The number of methoxy groups -OCH3 is 1. The number of ether oxygens (including phenoxy) is 2. The molecule has 0 aliphatic rings. The summed E-state index contributed by atoms with van der Waals surface area (Å²) >= 11 is 3.43. The molecule has 4 heteroatoms. The molecule has 0 radical (unpaired) electrons. The molecule has 0 saturated carbocycles. The Balaban J connectivity index is 2.07. The van der Waals surface area contributed by atoms with E-state index in [-0.39, 0.29) is 18.5 Å². The topological polar surface area (TPSA) is 18.5 Å². The Kier molecular flexibility index (Phi) is 5.56. The molecule has 2 aromatic carbocycles. The summed E-state index contributed by atoms with van der Waals surface area (Å²) in [6.07, 6.45) is -0.148. The van der Waals surface area contributed by atoms with Gasteiger partial charge in [-0.05, 0) is 23.8 Å². The fourth-order valence-corrected chi connectivity index (χ4v) is 2.44. The van der Waals surface area contributed by atoms with Crippen LogP contribution in [0, 0.1) is 5.82 Å². The Labute approximate surface area is 126 Å². The molecule has 0 aliphatic heterocycles. The van der Waals surface area contributed by atoms with Crippen LogP contribution in [0.5, 0.6) is 5.75 Å². The fraction of sp³-hybridized carbons (Fsp3) is 0.250. The van der Waals surface area contributed by atoms with Crippen LogP contribution in [-0.2, 0) is 11.3 Å². The highest BCUT2D eigenvalue weighted by molar-refractivity contribution is 9.09. The summed E-state index contributed by atoms with van der Waals surface area (Å²) in [7, 11) is 1.63.